The highest BCUT2D eigenvalue weighted by molar-refractivity contribution is 6.31. The van der Waals surface area contributed by atoms with Crippen LogP contribution in [-0.2, 0) is 6.61 Å². The average Bonchev–Trinajstić information content (AvgIpc) is 2.39. The van der Waals surface area contributed by atoms with E-state index < -0.39 is 23.2 Å². The van der Waals surface area contributed by atoms with Gasteiger partial charge in [-0.3, -0.25) is 4.79 Å². The minimum absolute atomic E-state index is 0.0929. The number of carbonyl (C=O) groups is 1. The summed E-state index contributed by atoms with van der Waals surface area (Å²) in [6.45, 7) is -0.229. The van der Waals surface area contributed by atoms with Gasteiger partial charge in [-0.25, -0.2) is 13.2 Å². The van der Waals surface area contributed by atoms with Gasteiger partial charge in [-0.2, -0.15) is 0 Å². The first-order valence-corrected chi connectivity index (χ1v) is 5.90. The number of rotatable bonds is 4. The Morgan fingerprint density at radius 1 is 1.10 bits per heavy atom. The van der Waals surface area contributed by atoms with E-state index in [0.29, 0.717) is 11.8 Å². The molecule has 20 heavy (non-hydrogen) atoms. The molecular formula is C14H8ClF3O2. The zero-order chi connectivity index (χ0) is 14.7. The summed E-state index contributed by atoms with van der Waals surface area (Å²) in [4.78, 5) is 10.5. The molecule has 0 bridgehead atoms. The second kappa shape index (κ2) is 5.96. The molecule has 0 atom stereocenters. The number of hydrogen-bond acceptors (Lipinski definition) is 2. The van der Waals surface area contributed by atoms with Crippen LogP contribution in [0.4, 0.5) is 13.2 Å². The van der Waals surface area contributed by atoms with Crippen LogP contribution in [-0.4, -0.2) is 6.29 Å². The van der Waals surface area contributed by atoms with Crippen LogP contribution >= 0.6 is 11.6 Å². The summed E-state index contributed by atoms with van der Waals surface area (Å²) in [6, 6.07) is 5.30. The second-order valence-corrected chi connectivity index (χ2v) is 4.36. The Bertz CT molecular complexity index is 636. The molecular weight excluding hydrogens is 293 g/mol. The van der Waals surface area contributed by atoms with E-state index in [1.165, 1.54) is 6.07 Å². The summed E-state index contributed by atoms with van der Waals surface area (Å²) >= 11 is 5.77. The molecule has 0 heterocycles. The summed E-state index contributed by atoms with van der Waals surface area (Å²) in [6.07, 6.45) is 0.326. The minimum Gasteiger partial charge on any atom is -0.483 e. The summed E-state index contributed by atoms with van der Waals surface area (Å²) in [5.74, 6) is -3.13. The zero-order valence-corrected chi connectivity index (χ0v) is 10.8. The van der Waals surface area contributed by atoms with Gasteiger partial charge in [-0.05, 0) is 24.3 Å². The molecule has 0 spiro atoms. The first-order chi connectivity index (χ1) is 9.51. The number of hydrogen-bond donors (Lipinski definition) is 0. The number of carbonyl (C=O) groups excluding carboxylic acids is 1. The number of benzene rings is 2. The lowest BCUT2D eigenvalue weighted by Gasteiger charge is -2.10. The first-order valence-electron chi connectivity index (χ1n) is 5.52. The summed E-state index contributed by atoms with van der Waals surface area (Å²) in [7, 11) is 0. The number of aldehydes is 1. The summed E-state index contributed by atoms with van der Waals surface area (Å²) in [5.41, 5.74) is 0.249. The van der Waals surface area contributed by atoms with Gasteiger partial charge in [-0.1, -0.05) is 17.7 Å². The van der Waals surface area contributed by atoms with Crippen molar-refractivity contribution in [2.75, 3.05) is 0 Å². The van der Waals surface area contributed by atoms with Crippen molar-refractivity contribution in [3.63, 3.8) is 0 Å². The van der Waals surface area contributed by atoms with Crippen molar-refractivity contribution in [1.29, 1.82) is 0 Å². The van der Waals surface area contributed by atoms with Crippen molar-refractivity contribution in [2.24, 2.45) is 0 Å². The van der Waals surface area contributed by atoms with Gasteiger partial charge in [0.1, 0.15) is 18.7 Å². The van der Waals surface area contributed by atoms with Gasteiger partial charge in [0.25, 0.3) is 0 Å². The van der Waals surface area contributed by atoms with Crippen LogP contribution in [0.1, 0.15) is 15.9 Å². The highest BCUT2D eigenvalue weighted by atomic mass is 35.5. The monoisotopic (exact) mass is 300 g/mol. The minimum atomic E-state index is -0.995. The Labute approximate surface area is 117 Å². The van der Waals surface area contributed by atoms with Gasteiger partial charge >= 0.3 is 0 Å². The third-order valence-corrected chi connectivity index (χ3v) is 2.90. The van der Waals surface area contributed by atoms with E-state index in [2.05, 4.69) is 0 Å². The second-order valence-electron chi connectivity index (χ2n) is 3.96. The van der Waals surface area contributed by atoms with E-state index in [1.807, 2.05) is 0 Å². The lowest BCUT2D eigenvalue weighted by Crippen LogP contribution is -2.02. The predicted octanol–water partition coefficient (Wildman–Crippen LogP) is 4.15. The van der Waals surface area contributed by atoms with Crippen LogP contribution in [0.25, 0.3) is 0 Å². The Morgan fingerprint density at radius 2 is 1.75 bits per heavy atom. The van der Waals surface area contributed by atoms with E-state index in [-0.39, 0.29) is 17.2 Å². The fourth-order valence-corrected chi connectivity index (χ4v) is 1.80. The molecule has 0 saturated heterocycles. The highest BCUT2D eigenvalue weighted by Gasteiger charge is 2.13. The maximum Gasteiger partial charge on any atom is 0.191 e. The van der Waals surface area contributed by atoms with Gasteiger partial charge in [0.2, 0.25) is 0 Å². The Balaban J connectivity index is 2.21. The molecule has 0 fully saturated rings. The molecule has 0 aliphatic rings. The molecule has 0 aliphatic heterocycles. The van der Waals surface area contributed by atoms with E-state index in [1.54, 1.807) is 0 Å². The zero-order valence-electron chi connectivity index (χ0n) is 10.00. The topological polar surface area (TPSA) is 26.3 Å². The highest BCUT2D eigenvalue weighted by Crippen LogP contribution is 2.25. The standard InChI is InChI=1S/C14H8ClF3O2/c15-11-5-10(16)2-1-9(11)7-20-14-12(17)3-8(6-19)4-13(14)18/h1-6H,7H2. The van der Waals surface area contributed by atoms with Crippen molar-refractivity contribution in [3.05, 3.63) is 63.9 Å². The Morgan fingerprint density at radius 3 is 2.30 bits per heavy atom. The Hall–Kier alpha value is -2.01. The van der Waals surface area contributed by atoms with Crippen molar-refractivity contribution in [3.8, 4) is 5.75 Å². The molecule has 6 heteroatoms. The molecule has 2 nitrogen and oxygen atoms in total. The maximum atomic E-state index is 13.5. The summed E-state index contributed by atoms with van der Waals surface area (Å²) < 4.78 is 44.9. The van der Waals surface area contributed by atoms with Gasteiger partial charge in [0.05, 0.1) is 5.02 Å². The van der Waals surface area contributed by atoms with E-state index in [0.717, 1.165) is 24.3 Å². The van der Waals surface area contributed by atoms with Crippen LogP contribution in [0.5, 0.6) is 5.75 Å². The SMILES string of the molecule is O=Cc1cc(F)c(OCc2ccc(F)cc2Cl)c(F)c1. The van der Waals surface area contributed by atoms with Crippen LogP contribution in [0.2, 0.25) is 5.02 Å². The van der Waals surface area contributed by atoms with Crippen LogP contribution < -0.4 is 4.74 Å². The molecule has 104 valence electrons. The van der Waals surface area contributed by atoms with Crippen molar-refractivity contribution >= 4 is 17.9 Å². The Kier molecular flexibility index (Phi) is 4.29. The molecule has 0 N–H and O–H groups in total. The third-order valence-electron chi connectivity index (χ3n) is 2.54. The smallest absolute Gasteiger partial charge is 0.191 e. The largest absolute Gasteiger partial charge is 0.483 e. The molecule has 0 aliphatic carbocycles. The van der Waals surface area contributed by atoms with E-state index in [4.69, 9.17) is 16.3 Å². The van der Waals surface area contributed by atoms with Gasteiger partial charge in [0.15, 0.2) is 17.4 Å². The molecule has 0 radical (unpaired) electrons. The van der Waals surface area contributed by atoms with E-state index in [9.17, 15) is 18.0 Å². The molecule has 0 aromatic heterocycles. The van der Waals surface area contributed by atoms with Crippen LogP contribution in [0.15, 0.2) is 30.3 Å². The molecule has 0 saturated carbocycles. The van der Waals surface area contributed by atoms with Crippen molar-refractivity contribution < 1.29 is 22.7 Å². The quantitative estimate of drug-likeness (QED) is 0.793. The summed E-state index contributed by atoms with van der Waals surface area (Å²) in [5, 5.41) is 0.0929. The van der Waals surface area contributed by atoms with Gasteiger partial charge < -0.3 is 4.74 Å². The predicted molar refractivity (Wildman–Crippen MR) is 67.5 cm³/mol. The fourth-order valence-electron chi connectivity index (χ4n) is 1.57. The van der Waals surface area contributed by atoms with Gasteiger partial charge in [-0.15, -0.1) is 0 Å². The van der Waals surface area contributed by atoms with Crippen LogP contribution in [0.3, 0.4) is 0 Å². The third kappa shape index (κ3) is 3.11. The normalized spacial score (nSPS) is 10.4. The van der Waals surface area contributed by atoms with E-state index >= 15 is 0 Å². The molecule has 0 unspecified atom stereocenters. The average molecular weight is 301 g/mol. The number of halogens is 4. The van der Waals surface area contributed by atoms with Crippen molar-refractivity contribution in [1.82, 2.24) is 0 Å². The van der Waals surface area contributed by atoms with Gasteiger partial charge in [0, 0.05) is 11.1 Å². The van der Waals surface area contributed by atoms with Crippen LogP contribution in [0, 0.1) is 17.5 Å². The number of ether oxygens (including phenoxy) is 1. The van der Waals surface area contributed by atoms with Crippen molar-refractivity contribution in [2.45, 2.75) is 6.61 Å². The molecule has 2 aromatic rings. The molecule has 2 aromatic carbocycles. The maximum absolute atomic E-state index is 13.5. The first kappa shape index (κ1) is 14.4. The fraction of sp³-hybridized carbons (Fsp3) is 0.0714. The lowest BCUT2D eigenvalue weighted by atomic mass is 10.2. The molecule has 2 rings (SSSR count). The molecule has 0 amide bonds. The lowest BCUT2D eigenvalue weighted by molar-refractivity contribution is 0.112.